The molecule has 2 atom stereocenters. The van der Waals surface area contributed by atoms with E-state index in [1.807, 2.05) is 29.8 Å². The Balaban J connectivity index is 1.50. The van der Waals surface area contributed by atoms with Crippen molar-refractivity contribution in [3.05, 3.63) is 66.5 Å². The van der Waals surface area contributed by atoms with E-state index in [4.69, 9.17) is 10.1 Å². The summed E-state index contributed by atoms with van der Waals surface area (Å²) in [6.07, 6.45) is 4.44. The van der Waals surface area contributed by atoms with Crippen molar-refractivity contribution in [3.63, 3.8) is 0 Å². The summed E-state index contributed by atoms with van der Waals surface area (Å²) in [6.45, 7) is 5.24. The number of rotatable bonds is 3. The molecule has 4 aromatic rings. The van der Waals surface area contributed by atoms with E-state index >= 15 is 0 Å². The highest BCUT2D eigenvalue weighted by Crippen LogP contribution is 2.34. The second-order valence-electron chi connectivity index (χ2n) is 8.69. The lowest BCUT2D eigenvalue weighted by Crippen LogP contribution is -2.40. The zero-order valence-electron chi connectivity index (χ0n) is 17.7. The molecule has 2 fully saturated rings. The molecule has 2 saturated heterocycles. The molecule has 0 radical (unpaired) electrons. The van der Waals surface area contributed by atoms with Crippen LogP contribution < -0.4 is 10.2 Å². The van der Waals surface area contributed by atoms with Crippen molar-refractivity contribution in [1.82, 2.24) is 24.9 Å². The van der Waals surface area contributed by atoms with Crippen LogP contribution in [0.5, 0.6) is 0 Å². The number of hydrogen-bond acceptors (Lipinski definition) is 5. The van der Waals surface area contributed by atoms with Crippen molar-refractivity contribution in [2.75, 3.05) is 24.5 Å². The Morgan fingerprint density at radius 1 is 1.00 bits per heavy atom. The van der Waals surface area contributed by atoms with Crippen LogP contribution in [0.2, 0.25) is 0 Å². The van der Waals surface area contributed by atoms with E-state index in [0.717, 1.165) is 65.2 Å². The largest absolute Gasteiger partial charge is 0.353 e. The summed E-state index contributed by atoms with van der Waals surface area (Å²) in [7, 11) is 0. The van der Waals surface area contributed by atoms with Gasteiger partial charge < -0.3 is 10.2 Å². The predicted octanol–water partition coefficient (Wildman–Crippen LogP) is 3.95. The number of nitrogens with zero attached hydrogens (tertiary/aromatic N) is 5. The molecule has 0 amide bonds. The maximum Gasteiger partial charge on any atom is 0.155 e. The molecule has 2 aliphatic heterocycles. The molecule has 0 saturated carbocycles. The van der Waals surface area contributed by atoms with Crippen molar-refractivity contribution >= 4 is 11.5 Å². The summed E-state index contributed by atoms with van der Waals surface area (Å²) >= 11 is 0. The van der Waals surface area contributed by atoms with Crippen LogP contribution in [0.15, 0.2) is 60.8 Å². The van der Waals surface area contributed by atoms with Gasteiger partial charge in [0, 0.05) is 42.1 Å². The molecule has 156 valence electrons. The average molecular weight is 411 g/mol. The van der Waals surface area contributed by atoms with Gasteiger partial charge in [0.2, 0.25) is 0 Å². The van der Waals surface area contributed by atoms with Crippen LogP contribution in [0.1, 0.15) is 18.5 Å². The van der Waals surface area contributed by atoms with Crippen molar-refractivity contribution in [1.29, 1.82) is 0 Å². The number of piperidine rings is 1. The Morgan fingerprint density at radius 2 is 1.90 bits per heavy atom. The van der Waals surface area contributed by atoms with Crippen molar-refractivity contribution in [3.8, 4) is 22.5 Å². The average Bonchev–Trinajstić information content (AvgIpc) is 3.41. The number of aromatic nitrogens is 4. The van der Waals surface area contributed by atoms with Gasteiger partial charge in [-0.15, -0.1) is 5.10 Å². The highest BCUT2D eigenvalue weighted by Gasteiger charge is 2.35. The van der Waals surface area contributed by atoms with E-state index in [0.29, 0.717) is 6.04 Å². The Morgan fingerprint density at radius 3 is 2.74 bits per heavy atom. The number of fused-ring (bicyclic) bond motifs is 2. The number of aryl methyl sites for hydroxylation is 1. The number of hydrogen-bond donors (Lipinski definition) is 1. The lowest BCUT2D eigenvalue weighted by atomic mass is 9.94. The fourth-order valence-corrected chi connectivity index (χ4v) is 5.08. The molecule has 1 N–H and O–H groups in total. The smallest absolute Gasteiger partial charge is 0.155 e. The SMILES string of the molecule is Cc1cc(-c2c(-c3ccccc3)nc3ccc(N4CC5CCCNC5C4)nn23)ccn1. The van der Waals surface area contributed by atoms with Crippen molar-refractivity contribution in [2.45, 2.75) is 25.8 Å². The third-order valence-electron chi connectivity index (χ3n) is 6.60. The van der Waals surface area contributed by atoms with E-state index in [2.05, 4.69) is 57.7 Å². The first kappa shape index (κ1) is 18.5. The van der Waals surface area contributed by atoms with Gasteiger partial charge in [0.25, 0.3) is 0 Å². The number of nitrogens with one attached hydrogen (secondary N) is 1. The van der Waals surface area contributed by atoms with E-state index in [9.17, 15) is 0 Å². The first-order valence-electron chi connectivity index (χ1n) is 11.1. The maximum absolute atomic E-state index is 5.10. The zero-order valence-corrected chi connectivity index (χ0v) is 17.7. The summed E-state index contributed by atoms with van der Waals surface area (Å²) in [5, 5.41) is 8.79. The third-order valence-corrected chi connectivity index (χ3v) is 6.60. The first-order chi connectivity index (χ1) is 15.3. The summed E-state index contributed by atoms with van der Waals surface area (Å²) in [4.78, 5) is 11.8. The van der Waals surface area contributed by atoms with Gasteiger partial charge in [0.05, 0.1) is 5.69 Å². The molecular formula is C25H26N6. The lowest BCUT2D eigenvalue weighted by Gasteiger charge is -2.24. The Labute approximate surface area is 182 Å². The maximum atomic E-state index is 5.10. The van der Waals surface area contributed by atoms with Gasteiger partial charge in [-0.3, -0.25) is 4.98 Å². The van der Waals surface area contributed by atoms with E-state index in [1.54, 1.807) is 0 Å². The fourth-order valence-electron chi connectivity index (χ4n) is 5.08. The predicted molar refractivity (Wildman–Crippen MR) is 123 cm³/mol. The van der Waals surface area contributed by atoms with Gasteiger partial charge in [-0.25, -0.2) is 9.50 Å². The highest BCUT2D eigenvalue weighted by molar-refractivity contribution is 5.81. The minimum absolute atomic E-state index is 0.580. The topological polar surface area (TPSA) is 58.4 Å². The van der Waals surface area contributed by atoms with Crippen LogP contribution in [0, 0.1) is 12.8 Å². The van der Waals surface area contributed by atoms with E-state index in [1.165, 1.54) is 12.8 Å². The number of benzene rings is 1. The fraction of sp³-hybridized carbons (Fsp3) is 0.320. The Kier molecular flexibility index (Phi) is 4.46. The summed E-state index contributed by atoms with van der Waals surface area (Å²) in [6, 6.07) is 19.3. The molecule has 0 spiro atoms. The second kappa shape index (κ2) is 7.46. The quantitative estimate of drug-likeness (QED) is 0.554. The van der Waals surface area contributed by atoms with Crippen LogP contribution >= 0.6 is 0 Å². The molecule has 31 heavy (non-hydrogen) atoms. The second-order valence-corrected chi connectivity index (χ2v) is 8.69. The van der Waals surface area contributed by atoms with Crippen LogP contribution in [-0.4, -0.2) is 45.3 Å². The molecule has 6 heteroatoms. The number of anilines is 1. The number of imidazole rings is 1. The molecule has 3 aromatic heterocycles. The summed E-state index contributed by atoms with van der Waals surface area (Å²) in [5.74, 6) is 1.74. The highest BCUT2D eigenvalue weighted by atomic mass is 15.3. The third kappa shape index (κ3) is 3.27. The molecular weight excluding hydrogens is 384 g/mol. The van der Waals surface area contributed by atoms with Crippen molar-refractivity contribution < 1.29 is 0 Å². The molecule has 2 aliphatic rings. The first-order valence-corrected chi connectivity index (χ1v) is 11.1. The monoisotopic (exact) mass is 410 g/mol. The van der Waals surface area contributed by atoms with Gasteiger partial charge in [-0.05, 0) is 56.5 Å². The van der Waals surface area contributed by atoms with Gasteiger partial charge in [0.1, 0.15) is 11.5 Å². The molecule has 6 rings (SSSR count). The van der Waals surface area contributed by atoms with Crippen LogP contribution in [0.25, 0.3) is 28.2 Å². The van der Waals surface area contributed by atoms with Gasteiger partial charge >= 0.3 is 0 Å². The molecule has 0 bridgehead atoms. The van der Waals surface area contributed by atoms with E-state index < -0.39 is 0 Å². The Hall–Kier alpha value is -3.25. The molecule has 2 unspecified atom stereocenters. The Bertz CT molecular complexity index is 1220. The normalized spacial score (nSPS) is 20.9. The minimum Gasteiger partial charge on any atom is -0.353 e. The molecule has 1 aromatic carbocycles. The van der Waals surface area contributed by atoms with Gasteiger partial charge in [0.15, 0.2) is 5.65 Å². The van der Waals surface area contributed by atoms with Gasteiger partial charge in [-0.2, -0.15) is 0 Å². The van der Waals surface area contributed by atoms with Crippen LogP contribution in [-0.2, 0) is 0 Å². The number of pyridine rings is 1. The summed E-state index contributed by atoms with van der Waals surface area (Å²) < 4.78 is 2.02. The minimum atomic E-state index is 0.580. The molecule has 5 heterocycles. The lowest BCUT2D eigenvalue weighted by molar-refractivity contribution is 0.340. The van der Waals surface area contributed by atoms with E-state index in [-0.39, 0.29) is 0 Å². The van der Waals surface area contributed by atoms with Crippen molar-refractivity contribution in [2.24, 2.45) is 5.92 Å². The van der Waals surface area contributed by atoms with Crippen LogP contribution in [0.3, 0.4) is 0 Å². The van der Waals surface area contributed by atoms with Crippen LogP contribution in [0.4, 0.5) is 5.82 Å². The molecule has 0 aliphatic carbocycles. The summed E-state index contributed by atoms with van der Waals surface area (Å²) in [5.41, 5.74) is 5.99. The van der Waals surface area contributed by atoms with Gasteiger partial charge in [-0.1, -0.05) is 30.3 Å². The molecule has 6 nitrogen and oxygen atoms in total. The standard InChI is InChI=1S/C25H26N6/c1-17-14-19(11-13-26-17)25-24(18-6-3-2-4-7-18)28-22-9-10-23(29-31(22)25)30-15-20-8-5-12-27-21(20)16-30/h2-4,6-7,9-11,13-14,20-21,27H,5,8,12,15-16H2,1H3. The zero-order chi connectivity index (χ0) is 20.8.